The maximum Gasteiger partial charge on any atom is 0.422 e. The number of rotatable bonds is 4. The number of halogens is 4. The number of hydrogen-bond acceptors (Lipinski definition) is 5. The Morgan fingerprint density at radius 1 is 1.36 bits per heavy atom. The average molecular weight is 396 g/mol. The quantitative estimate of drug-likeness (QED) is 0.830. The Morgan fingerprint density at radius 2 is 2.08 bits per heavy atom. The number of fused-ring (bicyclic) bond motifs is 1. The van der Waals surface area contributed by atoms with Gasteiger partial charge in [0.15, 0.2) is 11.7 Å². The van der Waals surface area contributed by atoms with E-state index in [1.165, 1.54) is 23.5 Å². The van der Waals surface area contributed by atoms with Crippen LogP contribution in [0.2, 0.25) is 0 Å². The lowest BCUT2D eigenvalue weighted by Crippen LogP contribution is -2.34. The monoisotopic (exact) mass is 395 g/mol. The van der Waals surface area contributed by atoms with Crippen LogP contribution in [0.3, 0.4) is 0 Å². The van der Waals surface area contributed by atoms with Crippen LogP contribution in [0.15, 0.2) is 18.2 Å². The number of anilines is 1. The van der Waals surface area contributed by atoms with Crippen LogP contribution in [-0.2, 0) is 4.79 Å². The van der Waals surface area contributed by atoms with Gasteiger partial charge in [-0.15, -0.1) is 12.4 Å². The van der Waals surface area contributed by atoms with Crippen molar-refractivity contribution >= 4 is 45.0 Å². The number of ether oxygens (including phenoxy) is 1. The summed E-state index contributed by atoms with van der Waals surface area (Å²) >= 11 is 1.22. The van der Waals surface area contributed by atoms with Gasteiger partial charge < -0.3 is 15.4 Å². The van der Waals surface area contributed by atoms with E-state index in [0.29, 0.717) is 15.3 Å². The molecule has 1 aromatic carbocycles. The zero-order valence-corrected chi connectivity index (χ0v) is 14.7. The van der Waals surface area contributed by atoms with Crippen molar-refractivity contribution in [3.05, 3.63) is 18.2 Å². The van der Waals surface area contributed by atoms with Gasteiger partial charge in [-0.3, -0.25) is 4.79 Å². The predicted molar refractivity (Wildman–Crippen MR) is 92.6 cm³/mol. The number of nitrogens with one attached hydrogen (secondary N) is 2. The molecule has 1 amide bonds. The van der Waals surface area contributed by atoms with Crippen LogP contribution in [-0.4, -0.2) is 36.8 Å². The fraction of sp³-hybridized carbons (Fsp3) is 0.467. The van der Waals surface area contributed by atoms with Crippen LogP contribution in [0.5, 0.6) is 5.75 Å². The molecule has 1 aliphatic rings. The second-order valence-electron chi connectivity index (χ2n) is 5.57. The smallest absolute Gasteiger partial charge is 0.422 e. The molecule has 0 unspecified atom stereocenters. The van der Waals surface area contributed by atoms with Crippen molar-refractivity contribution in [2.75, 3.05) is 25.0 Å². The summed E-state index contributed by atoms with van der Waals surface area (Å²) in [6, 6.07) is 4.52. The fourth-order valence-corrected chi connectivity index (χ4v) is 3.40. The van der Waals surface area contributed by atoms with Crippen molar-refractivity contribution in [1.29, 1.82) is 0 Å². The van der Waals surface area contributed by atoms with E-state index in [2.05, 4.69) is 15.6 Å². The zero-order chi connectivity index (χ0) is 17.2. The highest BCUT2D eigenvalue weighted by atomic mass is 35.5. The Morgan fingerprint density at radius 3 is 2.76 bits per heavy atom. The van der Waals surface area contributed by atoms with E-state index in [0.717, 1.165) is 25.9 Å². The van der Waals surface area contributed by atoms with Gasteiger partial charge in [0.05, 0.1) is 10.2 Å². The number of amides is 1. The van der Waals surface area contributed by atoms with E-state index in [9.17, 15) is 18.0 Å². The summed E-state index contributed by atoms with van der Waals surface area (Å²) in [5.74, 6) is 0.0211. The number of hydrogen-bond donors (Lipinski definition) is 2. The minimum atomic E-state index is -4.38. The number of benzene rings is 1. The van der Waals surface area contributed by atoms with Gasteiger partial charge in [-0.05, 0) is 44.1 Å². The maximum atomic E-state index is 12.2. The molecule has 1 aliphatic heterocycles. The Hall–Kier alpha value is -1.58. The molecule has 3 rings (SSSR count). The summed E-state index contributed by atoms with van der Waals surface area (Å²) < 4.78 is 42.0. The normalized spacial score (nSPS) is 15.6. The molecule has 0 atom stereocenters. The third kappa shape index (κ3) is 5.45. The first-order valence-electron chi connectivity index (χ1n) is 7.52. The number of alkyl halides is 3. The van der Waals surface area contributed by atoms with Gasteiger partial charge in [-0.2, -0.15) is 13.2 Å². The highest BCUT2D eigenvalue weighted by Gasteiger charge is 2.28. The molecular formula is C15H17ClF3N3O2S. The number of thiazole rings is 1. The number of carbonyl (C=O) groups is 1. The predicted octanol–water partition coefficient (Wildman–Crippen LogP) is 3.60. The van der Waals surface area contributed by atoms with Crippen molar-refractivity contribution in [2.45, 2.75) is 19.0 Å². The molecule has 10 heteroatoms. The van der Waals surface area contributed by atoms with Gasteiger partial charge in [0.25, 0.3) is 0 Å². The van der Waals surface area contributed by atoms with Crippen molar-refractivity contribution in [1.82, 2.24) is 10.3 Å². The minimum absolute atomic E-state index is 0. The number of nitrogens with zero attached hydrogens (tertiary/aromatic N) is 1. The van der Waals surface area contributed by atoms with Crippen LogP contribution < -0.4 is 15.4 Å². The van der Waals surface area contributed by atoms with E-state index in [4.69, 9.17) is 4.74 Å². The number of aromatic nitrogens is 1. The van der Waals surface area contributed by atoms with Crippen molar-refractivity contribution in [3.8, 4) is 5.75 Å². The average Bonchev–Trinajstić information content (AvgIpc) is 2.94. The number of piperidine rings is 1. The first kappa shape index (κ1) is 19.7. The molecule has 0 radical (unpaired) electrons. The highest BCUT2D eigenvalue weighted by Crippen LogP contribution is 2.30. The van der Waals surface area contributed by atoms with Crippen molar-refractivity contribution in [3.63, 3.8) is 0 Å². The Labute approximate surface area is 152 Å². The standard InChI is InChI=1S/C15H16F3N3O2S.ClH/c16-15(17,18)8-23-10-1-2-11-12(7-10)24-14(20-11)21-13(22)9-3-5-19-6-4-9;/h1-2,7,9,19H,3-6,8H2,(H,20,21,22);1H. The Kier molecular flexibility index (Phi) is 6.47. The fourth-order valence-electron chi connectivity index (χ4n) is 2.50. The zero-order valence-electron chi connectivity index (χ0n) is 13.1. The molecule has 0 bridgehead atoms. The van der Waals surface area contributed by atoms with Crippen LogP contribution >= 0.6 is 23.7 Å². The Balaban J connectivity index is 0.00000225. The molecule has 0 saturated carbocycles. The lowest BCUT2D eigenvalue weighted by Gasteiger charge is -2.20. The van der Waals surface area contributed by atoms with E-state index < -0.39 is 12.8 Å². The van der Waals surface area contributed by atoms with E-state index >= 15 is 0 Å². The van der Waals surface area contributed by atoms with Gasteiger partial charge in [-0.25, -0.2) is 4.98 Å². The molecule has 2 heterocycles. The molecule has 5 nitrogen and oxygen atoms in total. The molecule has 138 valence electrons. The molecule has 1 fully saturated rings. The Bertz CT molecular complexity index is 732. The lowest BCUT2D eigenvalue weighted by atomic mass is 9.97. The van der Waals surface area contributed by atoms with Gasteiger partial charge in [0.2, 0.25) is 5.91 Å². The van der Waals surface area contributed by atoms with Gasteiger partial charge >= 0.3 is 6.18 Å². The molecule has 0 spiro atoms. The van der Waals surface area contributed by atoms with Gasteiger partial charge in [-0.1, -0.05) is 11.3 Å². The topological polar surface area (TPSA) is 63.2 Å². The molecule has 25 heavy (non-hydrogen) atoms. The second kappa shape index (κ2) is 8.20. The van der Waals surface area contributed by atoms with Crippen LogP contribution in [0.4, 0.5) is 18.3 Å². The first-order chi connectivity index (χ1) is 11.4. The van der Waals surface area contributed by atoms with Crippen molar-refractivity contribution < 1.29 is 22.7 Å². The summed E-state index contributed by atoms with van der Waals surface area (Å²) in [5, 5.41) is 6.44. The first-order valence-corrected chi connectivity index (χ1v) is 8.34. The summed E-state index contributed by atoms with van der Waals surface area (Å²) in [7, 11) is 0. The largest absolute Gasteiger partial charge is 0.484 e. The maximum absolute atomic E-state index is 12.2. The lowest BCUT2D eigenvalue weighted by molar-refractivity contribution is -0.153. The third-order valence-corrected chi connectivity index (χ3v) is 4.64. The van der Waals surface area contributed by atoms with Gasteiger partial charge in [0.1, 0.15) is 5.75 Å². The van der Waals surface area contributed by atoms with Gasteiger partial charge in [0, 0.05) is 5.92 Å². The molecule has 2 N–H and O–H groups in total. The highest BCUT2D eigenvalue weighted by molar-refractivity contribution is 7.22. The molecule has 1 saturated heterocycles. The molecular weight excluding hydrogens is 379 g/mol. The van der Waals surface area contributed by atoms with Crippen LogP contribution in [0.1, 0.15) is 12.8 Å². The van der Waals surface area contributed by atoms with E-state index in [1.807, 2.05) is 0 Å². The summed E-state index contributed by atoms with van der Waals surface area (Å²) in [6.45, 7) is 0.298. The summed E-state index contributed by atoms with van der Waals surface area (Å²) in [5.41, 5.74) is 0.611. The van der Waals surface area contributed by atoms with E-state index in [1.54, 1.807) is 6.07 Å². The summed E-state index contributed by atoms with van der Waals surface area (Å²) in [6.07, 6.45) is -2.81. The molecule has 0 aliphatic carbocycles. The second-order valence-corrected chi connectivity index (χ2v) is 6.60. The van der Waals surface area contributed by atoms with Crippen LogP contribution in [0, 0.1) is 5.92 Å². The SMILES string of the molecule is Cl.O=C(Nc1nc2ccc(OCC(F)(F)F)cc2s1)C1CCNCC1. The minimum Gasteiger partial charge on any atom is -0.484 e. The van der Waals surface area contributed by atoms with E-state index in [-0.39, 0.29) is 30.0 Å². The van der Waals surface area contributed by atoms with Crippen molar-refractivity contribution in [2.24, 2.45) is 5.92 Å². The number of carbonyl (C=O) groups excluding carboxylic acids is 1. The summed E-state index contributed by atoms with van der Waals surface area (Å²) in [4.78, 5) is 16.5. The third-order valence-electron chi connectivity index (χ3n) is 3.70. The molecule has 2 aromatic rings. The molecule has 1 aromatic heterocycles. The van der Waals surface area contributed by atoms with Crippen LogP contribution in [0.25, 0.3) is 10.2 Å².